The van der Waals surface area contributed by atoms with E-state index in [1.807, 2.05) is 11.0 Å². The normalized spacial score (nSPS) is 18.0. The van der Waals surface area contributed by atoms with Gasteiger partial charge in [0.05, 0.1) is 5.56 Å². The summed E-state index contributed by atoms with van der Waals surface area (Å²) in [7, 11) is 0. The molecule has 124 valence electrons. The number of hydrogen-bond donors (Lipinski definition) is 1. The zero-order valence-corrected chi connectivity index (χ0v) is 13.4. The van der Waals surface area contributed by atoms with Gasteiger partial charge >= 0.3 is 5.97 Å². The van der Waals surface area contributed by atoms with Crippen molar-refractivity contribution in [1.82, 2.24) is 9.88 Å². The standard InChI is InChI=1S/C19H20N2O3/c22-18(16-8-9-17(19(23)24)20-13-16)21-11-4-7-15(10-12-21)14-5-2-1-3-6-14/h1-3,5-6,8-9,13,15H,4,7,10-12H2,(H,23,24). The summed E-state index contributed by atoms with van der Waals surface area (Å²) < 4.78 is 0. The Morgan fingerprint density at radius 2 is 1.83 bits per heavy atom. The van der Waals surface area contributed by atoms with Gasteiger partial charge in [0.25, 0.3) is 5.91 Å². The third-order valence-electron chi connectivity index (χ3n) is 4.52. The van der Waals surface area contributed by atoms with Crippen molar-refractivity contribution >= 4 is 11.9 Å². The monoisotopic (exact) mass is 324 g/mol. The average molecular weight is 324 g/mol. The minimum atomic E-state index is -1.09. The number of carbonyl (C=O) groups excluding carboxylic acids is 1. The number of carboxylic acids is 1. The number of aromatic carboxylic acids is 1. The topological polar surface area (TPSA) is 70.5 Å². The van der Waals surface area contributed by atoms with Crippen LogP contribution >= 0.6 is 0 Å². The molecular formula is C19H20N2O3. The Balaban J connectivity index is 1.67. The molecule has 0 saturated carbocycles. The molecule has 1 unspecified atom stereocenters. The van der Waals surface area contributed by atoms with Crippen molar-refractivity contribution in [2.45, 2.75) is 25.2 Å². The Morgan fingerprint density at radius 3 is 2.50 bits per heavy atom. The van der Waals surface area contributed by atoms with E-state index in [0.717, 1.165) is 25.8 Å². The molecule has 24 heavy (non-hydrogen) atoms. The van der Waals surface area contributed by atoms with Crippen LogP contribution in [0.4, 0.5) is 0 Å². The Morgan fingerprint density at radius 1 is 1.04 bits per heavy atom. The van der Waals surface area contributed by atoms with Crippen molar-refractivity contribution in [2.24, 2.45) is 0 Å². The van der Waals surface area contributed by atoms with Gasteiger partial charge in [0, 0.05) is 19.3 Å². The molecule has 1 aromatic heterocycles. The third-order valence-corrected chi connectivity index (χ3v) is 4.52. The summed E-state index contributed by atoms with van der Waals surface area (Å²) in [4.78, 5) is 29.1. The molecule has 0 aliphatic carbocycles. The van der Waals surface area contributed by atoms with Gasteiger partial charge in [0.15, 0.2) is 0 Å². The van der Waals surface area contributed by atoms with E-state index in [1.165, 1.54) is 17.8 Å². The van der Waals surface area contributed by atoms with Crippen molar-refractivity contribution in [3.05, 3.63) is 65.5 Å². The molecule has 1 aliphatic rings. The number of likely N-dealkylation sites (tertiary alicyclic amines) is 1. The van der Waals surface area contributed by atoms with Crippen molar-refractivity contribution < 1.29 is 14.7 Å². The number of carbonyl (C=O) groups is 2. The highest BCUT2D eigenvalue weighted by Gasteiger charge is 2.22. The fraction of sp³-hybridized carbons (Fsp3) is 0.316. The molecule has 1 atom stereocenters. The summed E-state index contributed by atoms with van der Waals surface area (Å²) in [5.41, 5.74) is 1.73. The maximum Gasteiger partial charge on any atom is 0.354 e. The number of aromatic nitrogens is 1. The van der Waals surface area contributed by atoms with Crippen LogP contribution in [0.1, 0.15) is 51.6 Å². The lowest BCUT2D eigenvalue weighted by Gasteiger charge is -2.20. The molecule has 1 amide bonds. The predicted octanol–water partition coefficient (Wildman–Crippen LogP) is 3.19. The summed E-state index contributed by atoms with van der Waals surface area (Å²) in [6, 6.07) is 13.3. The highest BCUT2D eigenvalue weighted by atomic mass is 16.4. The van der Waals surface area contributed by atoms with E-state index in [4.69, 9.17) is 5.11 Å². The second kappa shape index (κ2) is 7.25. The second-order valence-electron chi connectivity index (χ2n) is 6.07. The maximum absolute atomic E-state index is 12.6. The average Bonchev–Trinajstić information content (AvgIpc) is 2.88. The first-order valence-electron chi connectivity index (χ1n) is 8.18. The Labute approximate surface area is 140 Å². The fourth-order valence-electron chi connectivity index (χ4n) is 3.19. The SMILES string of the molecule is O=C(O)c1ccc(C(=O)N2CCCC(c3ccccc3)CC2)cn1. The number of hydrogen-bond acceptors (Lipinski definition) is 3. The van der Waals surface area contributed by atoms with Crippen molar-refractivity contribution in [3.8, 4) is 0 Å². The van der Waals surface area contributed by atoms with Crippen LogP contribution < -0.4 is 0 Å². The van der Waals surface area contributed by atoms with Crippen LogP contribution in [-0.2, 0) is 0 Å². The van der Waals surface area contributed by atoms with E-state index in [0.29, 0.717) is 18.0 Å². The van der Waals surface area contributed by atoms with Crippen molar-refractivity contribution in [1.29, 1.82) is 0 Å². The molecule has 5 heteroatoms. The quantitative estimate of drug-likeness (QED) is 0.941. The van der Waals surface area contributed by atoms with E-state index >= 15 is 0 Å². The van der Waals surface area contributed by atoms with E-state index in [9.17, 15) is 9.59 Å². The molecule has 0 spiro atoms. The molecule has 5 nitrogen and oxygen atoms in total. The van der Waals surface area contributed by atoms with E-state index < -0.39 is 5.97 Å². The number of benzene rings is 1. The number of rotatable bonds is 3. The third kappa shape index (κ3) is 3.62. The number of amides is 1. The van der Waals surface area contributed by atoms with Gasteiger partial charge in [-0.1, -0.05) is 30.3 Å². The van der Waals surface area contributed by atoms with E-state index in [2.05, 4.69) is 29.2 Å². The van der Waals surface area contributed by atoms with Crippen LogP contribution in [-0.4, -0.2) is 40.0 Å². The highest BCUT2D eigenvalue weighted by Crippen LogP contribution is 2.28. The molecule has 1 saturated heterocycles. The summed E-state index contributed by atoms with van der Waals surface area (Å²) in [5, 5.41) is 8.88. The Kier molecular flexibility index (Phi) is 4.89. The smallest absolute Gasteiger partial charge is 0.354 e. The van der Waals surface area contributed by atoms with Crippen LogP contribution in [0.3, 0.4) is 0 Å². The van der Waals surface area contributed by atoms with Gasteiger partial charge in [0.2, 0.25) is 0 Å². The lowest BCUT2D eigenvalue weighted by molar-refractivity contribution is 0.0687. The molecule has 0 bridgehead atoms. The molecule has 0 radical (unpaired) electrons. The molecule has 1 N–H and O–H groups in total. The van der Waals surface area contributed by atoms with Gasteiger partial charge in [-0.3, -0.25) is 4.79 Å². The molecule has 3 rings (SSSR count). The first kappa shape index (κ1) is 16.2. The zero-order chi connectivity index (χ0) is 16.9. The van der Waals surface area contributed by atoms with Gasteiger partial charge in [-0.05, 0) is 42.9 Å². The molecule has 1 fully saturated rings. The van der Waals surface area contributed by atoms with Gasteiger partial charge < -0.3 is 10.0 Å². The first-order chi connectivity index (χ1) is 11.6. The second-order valence-corrected chi connectivity index (χ2v) is 6.07. The van der Waals surface area contributed by atoms with Crippen LogP contribution in [0, 0.1) is 0 Å². The van der Waals surface area contributed by atoms with E-state index in [1.54, 1.807) is 6.07 Å². The predicted molar refractivity (Wildman–Crippen MR) is 90.1 cm³/mol. The Bertz CT molecular complexity index is 713. The fourth-order valence-corrected chi connectivity index (χ4v) is 3.19. The summed E-state index contributed by atoms with van der Waals surface area (Å²) in [6.07, 6.45) is 4.33. The largest absolute Gasteiger partial charge is 0.477 e. The van der Waals surface area contributed by atoms with Gasteiger partial charge in [0.1, 0.15) is 5.69 Å². The van der Waals surface area contributed by atoms with Gasteiger partial charge in [-0.25, -0.2) is 9.78 Å². The number of carboxylic acid groups (broad SMARTS) is 1. The number of nitrogens with zero attached hydrogens (tertiary/aromatic N) is 2. The van der Waals surface area contributed by atoms with Crippen LogP contribution in [0.25, 0.3) is 0 Å². The first-order valence-corrected chi connectivity index (χ1v) is 8.18. The molecule has 1 aliphatic heterocycles. The highest BCUT2D eigenvalue weighted by molar-refractivity contribution is 5.94. The van der Waals surface area contributed by atoms with Gasteiger partial charge in [-0.15, -0.1) is 0 Å². The van der Waals surface area contributed by atoms with Crippen molar-refractivity contribution in [2.75, 3.05) is 13.1 Å². The minimum absolute atomic E-state index is 0.0495. The Hall–Kier alpha value is -2.69. The van der Waals surface area contributed by atoms with Crippen molar-refractivity contribution in [3.63, 3.8) is 0 Å². The molecule has 2 heterocycles. The zero-order valence-electron chi connectivity index (χ0n) is 13.4. The van der Waals surface area contributed by atoms with Crippen LogP contribution in [0.2, 0.25) is 0 Å². The minimum Gasteiger partial charge on any atom is -0.477 e. The molecule has 1 aromatic carbocycles. The summed E-state index contributed by atoms with van der Waals surface area (Å²) in [6.45, 7) is 1.43. The van der Waals surface area contributed by atoms with Crippen LogP contribution in [0.15, 0.2) is 48.7 Å². The lowest BCUT2D eigenvalue weighted by atomic mass is 9.92. The molecule has 2 aromatic rings. The van der Waals surface area contributed by atoms with Crippen LogP contribution in [0.5, 0.6) is 0 Å². The summed E-state index contributed by atoms with van der Waals surface area (Å²) >= 11 is 0. The maximum atomic E-state index is 12.6. The number of pyridine rings is 1. The van der Waals surface area contributed by atoms with E-state index in [-0.39, 0.29) is 11.6 Å². The summed E-state index contributed by atoms with van der Waals surface area (Å²) in [5.74, 6) is -0.681. The molecular weight excluding hydrogens is 304 g/mol. The van der Waals surface area contributed by atoms with Gasteiger partial charge in [-0.2, -0.15) is 0 Å². The lowest BCUT2D eigenvalue weighted by Crippen LogP contribution is -2.32.